The number of anilines is 1. The molecule has 2 aromatic rings. The van der Waals surface area contributed by atoms with Crippen molar-refractivity contribution in [2.75, 3.05) is 5.32 Å². The van der Waals surface area contributed by atoms with E-state index in [9.17, 15) is 10.1 Å². The summed E-state index contributed by atoms with van der Waals surface area (Å²) in [7, 11) is 1.89. The van der Waals surface area contributed by atoms with Crippen molar-refractivity contribution in [3.63, 3.8) is 0 Å². The second-order valence-corrected chi connectivity index (χ2v) is 5.03. The number of non-ortho nitro benzene ring substituents is 1. The number of hydrogen-bond acceptors (Lipinski definition) is 4. The van der Waals surface area contributed by atoms with Crippen molar-refractivity contribution in [1.82, 2.24) is 9.78 Å². The SMILES string of the molecule is CC(C)c1nn(C)cc1CNc1cccc([N+](=O)[O-])c1. The Morgan fingerprint density at radius 2 is 2.20 bits per heavy atom. The summed E-state index contributed by atoms with van der Waals surface area (Å²) in [4.78, 5) is 10.3. The second-order valence-electron chi connectivity index (χ2n) is 5.03. The van der Waals surface area contributed by atoms with E-state index >= 15 is 0 Å². The second kappa shape index (κ2) is 5.73. The first-order chi connectivity index (χ1) is 9.47. The maximum atomic E-state index is 10.7. The quantitative estimate of drug-likeness (QED) is 0.671. The van der Waals surface area contributed by atoms with Crippen LogP contribution >= 0.6 is 0 Å². The van der Waals surface area contributed by atoms with Gasteiger partial charge in [-0.1, -0.05) is 19.9 Å². The molecule has 0 bridgehead atoms. The summed E-state index contributed by atoms with van der Waals surface area (Å²) >= 11 is 0. The fourth-order valence-electron chi connectivity index (χ4n) is 2.10. The molecule has 0 aliphatic rings. The highest BCUT2D eigenvalue weighted by atomic mass is 16.6. The Labute approximate surface area is 117 Å². The van der Waals surface area contributed by atoms with Crippen molar-refractivity contribution >= 4 is 11.4 Å². The van der Waals surface area contributed by atoms with Gasteiger partial charge in [-0.3, -0.25) is 14.8 Å². The molecule has 2 rings (SSSR count). The van der Waals surface area contributed by atoms with Crippen molar-refractivity contribution < 1.29 is 4.92 Å². The summed E-state index contributed by atoms with van der Waals surface area (Å²) in [5.41, 5.74) is 2.97. The Balaban J connectivity index is 2.13. The molecular formula is C14H18N4O2. The first-order valence-corrected chi connectivity index (χ1v) is 6.48. The Hall–Kier alpha value is -2.37. The topological polar surface area (TPSA) is 73.0 Å². The molecule has 0 amide bonds. The fourth-order valence-corrected chi connectivity index (χ4v) is 2.10. The lowest BCUT2D eigenvalue weighted by molar-refractivity contribution is -0.384. The van der Waals surface area contributed by atoms with Gasteiger partial charge in [0.1, 0.15) is 0 Å². The smallest absolute Gasteiger partial charge is 0.271 e. The fraction of sp³-hybridized carbons (Fsp3) is 0.357. The highest BCUT2D eigenvalue weighted by Gasteiger charge is 2.11. The van der Waals surface area contributed by atoms with E-state index in [4.69, 9.17) is 0 Å². The van der Waals surface area contributed by atoms with Crippen LogP contribution in [0.3, 0.4) is 0 Å². The molecule has 1 aromatic heterocycles. The lowest BCUT2D eigenvalue weighted by atomic mass is 10.1. The Kier molecular flexibility index (Phi) is 4.02. The maximum absolute atomic E-state index is 10.7. The van der Waals surface area contributed by atoms with Gasteiger partial charge in [0.25, 0.3) is 5.69 Å². The van der Waals surface area contributed by atoms with Crippen molar-refractivity contribution in [2.45, 2.75) is 26.3 Å². The van der Waals surface area contributed by atoms with E-state index in [0.717, 1.165) is 16.9 Å². The minimum absolute atomic E-state index is 0.0882. The number of aromatic nitrogens is 2. The molecule has 6 heteroatoms. The maximum Gasteiger partial charge on any atom is 0.271 e. The lowest BCUT2D eigenvalue weighted by Crippen LogP contribution is -2.03. The molecule has 0 aliphatic carbocycles. The van der Waals surface area contributed by atoms with E-state index in [1.165, 1.54) is 12.1 Å². The summed E-state index contributed by atoms with van der Waals surface area (Å²) in [6.07, 6.45) is 1.97. The van der Waals surface area contributed by atoms with Crippen LogP contribution in [-0.2, 0) is 13.6 Å². The predicted octanol–water partition coefficient (Wildman–Crippen LogP) is 3.06. The van der Waals surface area contributed by atoms with Crippen molar-refractivity contribution in [2.24, 2.45) is 7.05 Å². The van der Waals surface area contributed by atoms with Crippen LogP contribution in [0.2, 0.25) is 0 Å². The Bertz CT molecular complexity index is 619. The highest BCUT2D eigenvalue weighted by Crippen LogP contribution is 2.21. The van der Waals surface area contributed by atoms with Crippen LogP contribution in [0.15, 0.2) is 30.5 Å². The molecule has 0 spiro atoms. The van der Waals surface area contributed by atoms with Crippen LogP contribution in [0.25, 0.3) is 0 Å². The molecule has 6 nitrogen and oxygen atoms in total. The summed E-state index contributed by atoms with van der Waals surface area (Å²) in [6.45, 7) is 4.79. The molecule has 0 atom stereocenters. The van der Waals surface area contributed by atoms with Gasteiger partial charge < -0.3 is 5.32 Å². The van der Waals surface area contributed by atoms with Gasteiger partial charge in [0.2, 0.25) is 0 Å². The standard InChI is InChI=1S/C14H18N4O2/c1-10(2)14-11(9-17(3)16-14)8-15-12-5-4-6-13(7-12)18(19)20/h4-7,9-10,15H,8H2,1-3H3. The highest BCUT2D eigenvalue weighted by molar-refractivity contribution is 5.51. The zero-order chi connectivity index (χ0) is 14.7. The number of nitro groups is 1. The molecule has 0 saturated heterocycles. The molecule has 1 aromatic carbocycles. The van der Waals surface area contributed by atoms with Crippen LogP contribution in [-0.4, -0.2) is 14.7 Å². The molecule has 1 heterocycles. The van der Waals surface area contributed by atoms with Crippen LogP contribution in [0.1, 0.15) is 31.0 Å². The monoisotopic (exact) mass is 274 g/mol. The Morgan fingerprint density at radius 1 is 1.45 bits per heavy atom. The van der Waals surface area contributed by atoms with Gasteiger partial charge in [0.15, 0.2) is 0 Å². The molecular weight excluding hydrogens is 256 g/mol. The van der Waals surface area contributed by atoms with Gasteiger partial charge in [-0.15, -0.1) is 0 Å². The summed E-state index contributed by atoms with van der Waals surface area (Å²) in [5.74, 6) is 0.345. The summed E-state index contributed by atoms with van der Waals surface area (Å²) < 4.78 is 1.79. The third kappa shape index (κ3) is 3.14. The molecule has 106 valence electrons. The average molecular weight is 274 g/mol. The minimum atomic E-state index is -0.394. The van der Waals surface area contributed by atoms with Crippen LogP contribution in [0.5, 0.6) is 0 Å². The number of aryl methyl sites for hydroxylation is 1. The van der Waals surface area contributed by atoms with Gasteiger partial charge in [0.05, 0.1) is 10.6 Å². The number of nitrogens with zero attached hydrogens (tertiary/aromatic N) is 3. The van der Waals surface area contributed by atoms with Gasteiger partial charge in [-0.05, 0) is 12.0 Å². The molecule has 0 aliphatic heterocycles. The van der Waals surface area contributed by atoms with Gasteiger partial charge in [-0.2, -0.15) is 5.10 Å². The van der Waals surface area contributed by atoms with E-state index in [0.29, 0.717) is 12.5 Å². The molecule has 0 radical (unpaired) electrons. The zero-order valence-electron chi connectivity index (χ0n) is 11.8. The van der Waals surface area contributed by atoms with Gasteiger partial charge in [-0.25, -0.2) is 0 Å². The summed E-state index contributed by atoms with van der Waals surface area (Å²) in [6, 6.07) is 6.51. The van der Waals surface area contributed by atoms with E-state index in [-0.39, 0.29) is 5.69 Å². The number of nitro benzene ring substituents is 1. The molecule has 1 N–H and O–H groups in total. The van der Waals surface area contributed by atoms with Crippen molar-refractivity contribution in [3.05, 3.63) is 51.8 Å². The van der Waals surface area contributed by atoms with Gasteiger partial charge >= 0.3 is 0 Å². The van der Waals surface area contributed by atoms with Crippen molar-refractivity contribution in [1.29, 1.82) is 0 Å². The average Bonchev–Trinajstić information content (AvgIpc) is 2.78. The molecule has 0 unspecified atom stereocenters. The molecule has 20 heavy (non-hydrogen) atoms. The first-order valence-electron chi connectivity index (χ1n) is 6.48. The minimum Gasteiger partial charge on any atom is -0.381 e. The van der Waals surface area contributed by atoms with Crippen LogP contribution < -0.4 is 5.32 Å². The van der Waals surface area contributed by atoms with E-state index in [2.05, 4.69) is 24.3 Å². The Morgan fingerprint density at radius 3 is 2.85 bits per heavy atom. The van der Waals surface area contributed by atoms with E-state index in [1.807, 2.05) is 19.3 Å². The number of rotatable bonds is 5. The zero-order valence-corrected chi connectivity index (χ0v) is 11.8. The third-order valence-electron chi connectivity index (χ3n) is 3.02. The van der Waals surface area contributed by atoms with Crippen LogP contribution in [0, 0.1) is 10.1 Å². The normalized spacial score (nSPS) is 10.8. The number of hydrogen-bond donors (Lipinski definition) is 1. The predicted molar refractivity (Wildman–Crippen MR) is 77.7 cm³/mol. The van der Waals surface area contributed by atoms with Crippen molar-refractivity contribution in [3.8, 4) is 0 Å². The lowest BCUT2D eigenvalue weighted by Gasteiger charge is -2.08. The van der Waals surface area contributed by atoms with E-state index in [1.54, 1.807) is 10.7 Å². The molecule has 0 saturated carbocycles. The number of benzene rings is 1. The molecule has 0 fully saturated rings. The third-order valence-corrected chi connectivity index (χ3v) is 3.02. The van der Waals surface area contributed by atoms with Crippen LogP contribution in [0.4, 0.5) is 11.4 Å². The largest absolute Gasteiger partial charge is 0.381 e. The number of nitrogens with one attached hydrogen (secondary N) is 1. The van der Waals surface area contributed by atoms with Gasteiger partial charge in [0, 0.05) is 43.2 Å². The summed E-state index contributed by atoms with van der Waals surface area (Å²) in [5, 5.41) is 18.4. The first kappa shape index (κ1) is 14.0. The van der Waals surface area contributed by atoms with E-state index < -0.39 is 4.92 Å².